The summed E-state index contributed by atoms with van der Waals surface area (Å²) < 4.78 is 8.09. The van der Waals surface area contributed by atoms with Gasteiger partial charge in [-0.15, -0.1) is 0 Å². The number of anilines is 1. The number of imidazole rings is 1. The largest absolute Gasteiger partial charge is 0.491 e. The monoisotopic (exact) mass is 554 g/mol. The molecule has 1 atom stereocenters. The molecule has 0 aliphatic carbocycles. The lowest BCUT2D eigenvalue weighted by Gasteiger charge is -2.33. The second-order valence-corrected chi connectivity index (χ2v) is 10.2. The Balaban J connectivity index is 1.38. The number of fused-ring (bicyclic) bond motifs is 4. The quantitative estimate of drug-likeness (QED) is 0.517. The zero-order valence-electron chi connectivity index (χ0n) is 19.2. The number of amides is 1. The SMILES string of the molecule is CCN1C(=O)c2c(nc(Br)n2Cc2cc(Cl)c3c(c2)CCO3)N2C[C@@](N)(Cc3ccccc3)N=C12. The Kier molecular flexibility index (Phi) is 5.39. The third-order valence-electron chi connectivity index (χ3n) is 6.65. The van der Waals surface area contributed by atoms with E-state index in [0.29, 0.717) is 59.9 Å². The summed E-state index contributed by atoms with van der Waals surface area (Å²) in [5, 5.41) is 0.587. The number of nitrogens with zero attached hydrogens (tertiary/aromatic N) is 5. The standard InChI is InChI=1S/C25H24BrClN6O2/c1-2-31-22(34)19-21(33-14-25(28,30-24(31)33)12-15-6-4-3-5-7-15)29-23(26)32(19)13-16-10-17-8-9-35-20(17)18(27)11-16/h3-7,10-11H,2,8-9,12-14,28H2,1H3/t25-/m1/s1. The average Bonchev–Trinajstić information content (AvgIpc) is 3.51. The van der Waals surface area contributed by atoms with Crippen LogP contribution in [0.5, 0.6) is 5.75 Å². The van der Waals surface area contributed by atoms with Crippen LogP contribution in [0.15, 0.2) is 52.2 Å². The molecule has 10 heteroatoms. The summed E-state index contributed by atoms with van der Waals surface area (Å²) in [6, 6.07) is 14.0. The molecule has 3 aromatic rings. The smallest absolute Gasteiger partial charge is 0.281 e. The second kappa shape index (κ2) is 8.36. The Morgan fingerprint density at radius 1 is 1.23 bits per heavy atom. The third-order valence-corrected chi connectivity index (χ3v) is 7.54. The number of halogens is 2. The van der Waals surface area contributed by atoms with Gasteiger partial charge in [-0.3, -0.25) is 14.6 Å². The van der Waals surface area contributed by atoms with Gasteiger partial charge in [-0.2, -0.15) is 0 Å². The number of benzene rings is 2. The summed E-state index contributed by atoms with van der Waals surface area (Å²) in [5.41, 5.74) is 9.57. The summed E-state index contributed by atoms with van der Waals surface area (Å²) in [7, 11) is 0. The average molecular weight is 556 g/mol. The zero-order chi connectivity index (χ0) is 24.3. The van der Waals surface area contributed by atoms with Gasteiger partial charge in [0, 0.05) is 19.4 Å². The highest BCUT2D eigenvalue weighted by Crippen LogP contribution is 2.38. The van der Waals surface area contributed by atoms with Gasteiger partial charge in [-0.05, 0) is 45.6 Å². The maximum Gasteiger partial charge on any atom is 0.281 e. The van der Waals surface area contributed by atoms with Crippen molar-refractivity contribution in [3.63, 3.8) is 0 Å². The highest BCUT2D eigenvalue weighted by Gasteiger charge is 2.47. The molecule has 1 amide bonds. The third kappa shape index (κ3) is 3.73. The van der Waals surface area contributed by atoms with Gasteiger partial charge in [0.25, 0.3) is 5.91 Å². The van der Waals surface area contributed by atoms with Gasteiger partial charge in [0.2, 0.25) is 5.96 Å². The van der Waals surface area contributed by atoms with Gasteiger partial charge in [0.05, 0.1) is 24.7 Å². The minimum atomic E-state index is -0.865. The molecule has 0 saturated carbocycles. The lowest BCUT2D eigenvalue weighted by Crippen LogP contribution is -2.52. The molecule has 0 bridgehead atoms. The molecule has 0 spiro atoms. The first-order valence-corrected chi connectivity index (χ1v) is 12.8. The van der Waals surface area contributed by atoms with Crippen LogP contribution in [-0.2, 0) is 19.4 Å². The Morgan fingerprint density at radius 2 is 2.03 bits per heavy atom. The number of aliphatic imine (C=N–C) groups is 1. The number of nitrogens with two attached hydrogens (primary N) is 1. The fourth-order valence-corrected chi connectivity index (χ4v) is 5.90. The van der Waals surface area contributed by atoms with E-state index in [1.165, 1.54) is 0 Å². The van der Waals surface area contributed by atoms with Crippen LogP contribution in [0, 0.1) is 0 Å². The number of guanidine groups is 1. The Hall–Kier alpha value is -2.88. The molecule has 8 nitrogen and oxygen atoms in total. The van der Waals surface area contributed by atoms with Crippen LogP contribution in [0.1, 0.15) is 34.1 Å². The molecular weight excluding hydrogens is 532 g/mol. The summed E-state index contributed by atoms with van der Waals surface area (Å²) >= 11 is 10.1. The van der Waals surface area contributed by atoms with Crippen LogP contribution in [0.25, 0.3) is 0 Å². The molecule has 0 radical (unpaired) electrons. The molecule has 0 saturated heterocycles. The first-order valence-electron chi connectivity index (χ1n) is 11.6. The summed E-state index contributed by atoms with van der Waals surface area (Å²) in [4.78, 5) is 26.9. The molecule has 2 aromatic carbocycles. The fraction of sp³-hybridized carbons (Fsp3) is 0.320. The van der Waals surface area contributed by atoms with Gasteiger partial charge in [0.15, 0.2) is 16.2 Å². The van der Waals surface area contributed by atoms with E-state index in [2.05, 4.69) is 22.0 Å². The maximum atomic E-state index is 13.7. The van der Waals surface area contributed by atoms with Crippen LogP contribution in [-0.4, -0.2) is 51.7 Å². The van der Waals surface area contributed by atoms with Crippen LogP contribution in [0.2, 0.25) is 5.02 Å². The zero-order valence-corrected chi connectivity index (χ0v) is 21.5. The second-order valence-electron chi connectivity index (χ2n) is 9.12. The van der Waals surface area contributed by atoms with Crippen LogP contribution < -0.4 is 15.4 Å². The fourth-order valence-electron chi connectivity index (χ4n) is 5.12. The molecule has 180 valence electrons. The topological polar surface area (TPSA) is 89.0 Å². The van der Waals surface area contributed by atoms with Crippen molar-refractivity contribution in [1.29, 1.82) is 0 Å². The van der Waals surface area contributed by atoms with E-state index >= 15 is 0 Å². The van der Waals surface area contributed by atoms with Crippen LogP contribution in [0.3, 0.4) is 0 Å². The number of carbonyl (C=O) groups is 1. The number of carbonyl (C=O) groups excluding carboxylic acids is 1. The molecule has 35 heavy (non-hydrogen) atoms. The predicted molar refractivity (Wildman–Crippen MR) is 138 cm³/mol. The maximum absolute atomic E-state index is 13.7. The van der Waals surface area contributed by atoms with Crippen molar-refractivity contribution in [3.05, 3.63) is 74.6 Å². The Morgan fingerprint density at radius 3 is 2.80 bits per heavy atom. The van der Waals surface area contributed by atoms with Gasteiger partial charge in [-0.25, -0.2) is 9.98 Å². The predicted octanol–water partition coefficient (Wildman–Crippen LogP) is 3.83. The van der Waals surface area contributed by atoms with E-state index in [9.17, 15) is 4.79 Å². The number of hydrogen-bond donors (Lipinski definition) is 1. The summed E-state index contributed by atoms with van der Waals surface area (Å²) in [6.45, 7) is 3.91. The molecule has 4 heterocycles. The normalized spacial score (nSPS) is 20.5. The van der Waals surface area contributed by atoms with E-state index in [-0.39, 0.29) is 5.91 Å². The van der Waals surface area contributed by atoms with Crippen molar-refractivity contribution in [2.75, 3.05) is 24.6 Å². The van der Waals surface area contributed by atoms with Gasteiger partial charge in [0.1, 0.15) is 11.4 Å². The lowest BCUT2D eigenvalue weighted by atomic mass is 10.0. The minimum absolute atomic E-state index is 0.143. The van der Waals surface area contributed by atoms with Crippen molar-refractivity contribution in [3.8, 4) is 5.75 Å². The first-order chi connectivity index (χ1) is 16.9. The number of ether oxygens (including phenoxy) is 1. The molecule has 0 fully saturated rings. The molecular formula is C25H24BrClN6O2. The molecule has 2 N–H and O–H groups in total. The molecule has 3 aliphatic rings. The van der Waals surface area contributed by atoms with E-state index in [4.69, 9.17) is 32.0 Å². The highest BCUT2D eigenvalue weighted by molar-refractivity contribution is 9.10. The Labute approximate surface area is 216 Å². The van der Waals surface area contributed by atoms with Crippen molar-refractivity contribution in [2.24, 2.45) is 10.7 Å². The van der Waals surface area contributed by atoms with Gasteiger partial charge < -0.3 is 15.0 Å². The van der Waals surface area contributed by atoms with E-state index in [1.54, 1.807) is 4.90 Å². The van der Waals surface area contributed by atoms with Crippen molar-refractivity contribution in [1.82, 2.24) is 14.5 Å². The molecule has 3 aliphatic heterocycles. The van der Waals surface area contributed by atoms with E-state index < -0.39 is 5.66 Å². The summed E-state index contributed by atoms with van der Waals surface area (Å²) in [5.74, 6) is 1.74. The number of hydrogen-bond acceptors (Lipinski definition) is 6. The van der Waals surface area contributed by atoms with Crippen molar-refractivity contribution < 1.29 is 9.53 Å². The Bertz CT molecular complexity index is 1370. The van der Waals surface area contributed by atoms with Crippen LogP contribution in [0.4, 0.5) is 5.82 Å². The van der Waals surface area contributed by atoms with Crippen molar-refractivity contribution in [2.45, 2.75) is 32.0 Å². The molecule has 6 rings (SSSR count). The van der Waals surface area contributed by atoms with E-state index in [1.807, 2.05) is 52.8 Å². The minimum Gasteiger partial charge on any atom is -0.491 e. The number of aromatic nitrogens is 2. The lowest BCUT2D eigenvalue weighted by molar-refractivity contribution is 0.0836. The molecule has 1 aromatic heterocycles. The van der Waals surface area contributed by atoms with Gasteiger partial charge >= 0.3 is 0 Å². The van der Waals surface area contributed by atoms with Gasteiger partial charge in [-0.1, -0.05) is 48.0 Å². The van der Waals surface area contributed by atoms with E-state index in [0.717, 1.165) is 28.9 Å². The van der Waals surface area contributed by atoms with Crippen LogP contribution >= 0.6 is 27.5 Å². The highest BCUT2D eigenvalue weighted by atomic mass is 79.9. The first kappa shape index (κ1) is 22.6. The van der Waals surface area contributed by atoms with Crippen molar-refractivity contribution >= 4 is 45.2 Å². The number of rotatable bonds is 5. The summed E-state index contributed by atoms with van der Waals surface area (Å²) in [6.07, 6.45) is 1.38. The molecule has 0 unspecified atom stereocenters.